The third-order valence-electron chi connectivity index (χ3n) is 4.73. The number of nitrogens with one attached hydrogen (secondary N) is 1. The minimum Gasteiger partial charge on any atom is -0.347 e. The lowest BCUT2D eigenvalue weighted by molar-refractivity contribution is -0.124. The molecule has 27 heavy (non-hydrogen) atoms. The molecule has 2 heterocycles. The number of nitrogens with zero attached hydrogens (tertiary/aromatic N) is 4. The molecule has 1 amide bonds. The number of Topliss-reactive ketones (excluding diaryl/α,β-unsaturated/α-hetero) is 1. The summed E-state index contributed by atoms with van der Waals surface area (Å²) in [7, 11) is 0. The Morgan fingerprint density at radius 1 is 1.22 bits per heavy atom. The Labute approximate surface area is 158 Å². The molecule has 1 N–H and O–H groups in total. The second-order valence-corrected chi connectivity index (χ2v) is 6.61. The first kappa shape index (κ1) is 18.8. The van der Waals surface area contributed by atoms with Crippen LogP contribution < -0.4 is 5.32 Å². The second kappa shape index (κ2) is 8.16. The number of fused-ring (bicyclic) bond motifs is 1. The summed E-state index contributed by atoms with van der Waals surface area (Å²) in [5.41, 5.74) is 1.53. The van der Waals surface area contributed by atoms with Gasteiger partial charge in [-0.2, -0.15) is 0 Å². The van der Waals surface area contributed by atoms with Crippen LogP contribution in [0.25, 0.3) is 10.9 Å². The summed E-state index contributed by atoms with van der Waals surface area (Å²) in [6, 6.07) is 7.28. The molecule has 7 heteroatoms. The first-order chi connectivity index (χ1) is 13.1. The van der Waals surface area contributed by atoms with Crippen LogP contribution in [0.15, 0.2) is 36.8 Å². The van der Waals surface area contributed by atoms with Crippen molar-refractivity contribution in [3.8, 4) is 0 Å². The number of hydrogen-bond donors (Lipinski definition) is 1. The second-order valence-electron chi connectivity index (χ2n) is 6.61. The molecule has 142 valence electrons. The summed E-state index contributed by atoms with van der Waals surface area (Å²) in [6.45, 7) is 6.74. The van der Waals surface area contributed by atoms with Crippen molar-refractivity contribution in [2.45, 2.75) is 52.7 Å². The molecule has 0 aliphatic heterocycles. The van der Waals surface area contributed by atoms with E-state index in [4.69, 9.17) is 0 Å². The molecule has 1 aromatic carbocycles. The van der Waals surface area contributed by atoms with E-state index in [9.17, 15) is 9.59 Å². The van der Waals surface area contributed by atoms with Crippen molar-refractivity contribution < 1.29 is 9.59 Å². The number of benzene rings is 1. The van der Waals surface area contributed by atoms with E-state index in [1.54, 1.807) is 19.4 Å². The van der Waals surface area contributed by atoms with Gasteiger partial charge in [0.1, 0.15) is 12.4 Å². The molecule has 0 spiro atoms. The Hall–Kier alpha value is -2.96. The van der Waals surface area contributed by atoms with E-state index < -0.39 is 6.04 Å². The monoisotopic (exact) mass is 367 g/mol. The van der Waals surface area contributed by atoms with Gasteiger partial charge in [-0.3, -0.25) is 9.59 Å². The van der Waals surface area contributed by atoms with Gasteiger partial charge in [0.05, 0.1) is 6.54 Å². The minimum atomic E-state index is -0.398. The predicted molar refractivity (Wildman–Crippen MR) is 103 cm³/mol. The van der Waals surface area contributed by atoms with Crippen LogP contribution in [0.4, 0.5) is 0 Å². The van der Waals surface area contributed by atoms with Gasteiger partial charge in [0.25, 0.3) is 0 Å². The van der Waals surface area contributed by atoms with Crippen molar-refractivity contribution in [1.29, 1.82) is 0 Å². The molecule has 0 aliphatic rings. The molecule has 2 aromatic heterocycles. The first-order valence-electron chi connectivity index (χ1n) is 9.31. The lowest BCUT2D eigenvalue weighted by Crippen LogP contribution is -2.32. The van der Waals surface area contributed by atoms with Gasteiger partial charge in [-0.1, -0.05) is 32.0 Å². The molecule has 0 saturated carbocycles. The lowest BCUT2D eigenvalue weighted by atomic mass is 10.1. The zero-order valence-corrected chi connectivity index (χ0v) is 16.0. The number of carbonyl (C=O) groups excluding carboxylic acids is 2. The molecule has 1 atom stereocenters. The molecule has 0 radical (unpaired) electrons. The minimum absolute atomic E-state index is 0.00659. The van der Waals surface area contributed by atoms with Crippen molar-refractivity contribution in [2.75, 3.05) is 0 Å². The number of para-hydroxylation sites is 1. The largest absolute Gasteiger partial charge is 0.347 e. The molecule has 7 nitrogen and oxygen atoms in total. The van der Waals surface area contributed by atoms with Crippen LogP contribution in [0.1, 0.15) is 55.8 Å². The molecule has 3 aromatic rings. The number of aryl methyl sites for hydroxylation is 1. The third-order valence-corrected chi connectivity index (χ3v) is 4.73. The highest BCUT2D eigenvalue weighted by Gasteiger charge is 2.22. The average molecular weight is 367 g/mol. The number of rotatable bonds is 8. The highest BCUT2D eigenvalue weighted by atomic mass is 16.2. The smallest absolute Gasteiger partial charge is 0.243 e. The van der Waals surface area contributed by atoms with E-state index >= 15 is 0 Å². The lowest BCUT2D eigenvalue weighted by Gasteiger charge is -2.18. The Kier molecular flexibility index (Phi) is 5.69. The fourth-order valence-electron chi connectivity index (χ4n) is 3.38. The zero-order chi connectivity index (χ0) is 19.4. The Morgan fingerprint density at radius 2 is 2.00 bits per heavy atom. The van der Waals surface area contributed by atoms with Crippen molar-refractivity contribution in [1.82, 2.24) is 24.6 Å². The first-order valence-corrected chi connectivity index (χ1v) is 9.31. The number of carbonyl (C=O) groups is 2. The molecule has 3 rings (SSSR count). The maximum atomic E-state index is 12.9. The molecule has 0 unspecified atom stereocenters. The van der Waals surface area contributed by atoms with Gasteiger partial charge < -0.3 is 14.5 Å². The van der Waals surface area contributed by atoms with Crippen LogP contribution in [0, 0.1) is 0 Å². The molecular weight excluding hydrogens is 342 g/mol. The van der Waals surface area contributed by atoms with Crippen LogP contribution in [0.5, 0.6) is 0 Å². The molecule has 0 aliphatic carbocycles. The van der Waals surface area contributed by atoms with Gasteiger partial charge >= 0.3 is 0 Å². The van der Waals surface area contributed by atoms with Crippen molar-refractivity contribution in [3.63, 3.8) is 0 Å². The van der Waals surface area contributed by atoms with Crippen LogP contribution in [-0.4, -0.2) is 31.0 Å². The van der Waals surface area contributed by atoms with Gasteiger partial charge in [-0.05, 0) is 25.8 Å². The number of ketones is 1. The topological polar surface area (TPSA) is 81.8 Å². The standard InChI is InChI=1S/C20H25N5O2/c1-4-10-24-13-22-23-19(24)11-21-20(27)17(5-2)25-12-16(14(3)26)15-8-6-7-9-18(15)25/h6-9,12-13,17H,4-5,10-11H2,1-3H3,(H,21,27)/t17-/m1/s1. The van der Waals surface area contributed by atoms with E-state index in [0.717, 1.165) is 29.7 Å². The maximum Gasteiger partial charge on any atom is 0.243 e. The van der Waals surface area contributed by atoms with Crippen LogP contribution in [-0.2, 0) is 17.9 Å². The predicted octanol–water partition coefficient (Wildman–Crippen LogP) is 3.11. The Bertz CT molecular complexity index is 956. The fourth-order valence-corrected chi connectivity index (χ4v) is 3.38. The van der Waals surface area contributed by atoms with Crippen LogP contribution in [0.3, 0.4) is 0 Å². The molecular formula is C20H25N5O2. The SMILES string of the molecule is CCCn1cnnc1CNC(=O)[C@@H](CC)n1cc(C(C)=O)c2ccccc21. The highest BCUT2D eigenvalue weighted by Crippen LogP contribution is 2.26. The number of amides is 1. The van der Waals surface area contributed by atoms with E-state index in [2.05, 4.69) is 22.4 Å². The molecule has 0 saturated heterocycles. The molecule has 0 bridgehead atoms. The van der Waals surface area contributed by atoms with Crippen LogP contribution >= 0.6 is 0 Å². The van der Waals surface area contributed by atoms with Gasteiger partial charge in [-0.15, -0.1) is 10.2 Å². The Morgan fingerprint density at radius 3 is 2.70 bits per heavy atom. The fraction of sp³-hybridized carbons (Fsp3) is 0.400. The Balaban J connectivity index is 1.84. The summed E-state index contributed by atoms with van der Waals surface area (Å²) < 4.78 is 3.85. The third kappa shape index (κ3) is 3.77. The quantitative estimate of drug-likeness (QED) is 0.620. The van der Waals surface area contributed by atoms with Gasteiger partial charge in [0, 0.05) is 29.2 Å². The maximum absolute atomic E-state index is 12.9. The number of aromatic nitrogens is 4. The van der Waals surface area contributed by atoms with Crippen LogP contribution in [0.2, 0.25) is 0 Å². The average Bonchev–Trinajstić information content (AvgIpc) is 3.26. The normalized spacial score (nSPS) is 12.3. The van der Waals surface area contributed by atoms with Crippen molar-refractivity contribution in [2.24, 2.45) is 0 Å². The van der Waals surface area contributed by atoms with E-state index in [-0.39, 0.29) is 11.7 Å². The highest BCUT2D eigenvalue weighted by molar-refractivity contribution is 6.07. The summed E-state index contributed by atoms with van der Waals surface area (Å²) >= 11 is 0. The van der Waals surface area contributed by atoms with E-state index in [1.165, 1.54) is 0 Å². The molecule has 0 fully saturated rings. The zero-order valence-electron chi connectivity index (χ0n) is 16.0. The van der Waals surface area contributed by atoms with Gasteiger partial charge in [0.15, 0.2) is 11.6 Å². The van der Waals surface area contributed by atoms with Gasteiger partial charge in [0.2, 0.25) is 5.91 Å². The van der Waals surface area contributed by atoms with E-state index in [0.29, 0.717) is 18.5 Å². The van der Waals surface area contributed by atoms with Crippen molar-refractivity contribution >= 4 is 22.6 Å². The summed E-state index contributed by atoms with van der Waals surface area (Å²) in [6.07, 6.45) is 5.06. The van der Waals surface area contributed by atoms with E-state index in [1.807, 2.05) is 40.3 Å². The number of hydrogen-bond acceptors (Lipinski definition) is 4. The summed E-state index contributed by atoms with van der Waals surface area (Å²) in [5.74, 6) is 0.633. The van der Waals surface area contributed by atoms with Gasteiger partial charge in [-0.25, -0.2) is 0 Å². The summed E-state index contributed by atoms with van der Waals surface area (Å²) in [5, 5.41) is 11.9. The summed E-state index contributed by atoms with van der Waals surface area (Å²) in [4.78, 5) is 24.9. The van der Waals surface area contributed by atoms with Crippen molar-refractivity contribution in [3.05, 3.63) is 48.2 Å².